The quantitative estimate of drug-likeness (QED) is 0.792. The fourth-order valence-electron chi connectivity index (χ4n) is 1.71. The first-order chi connectivity index (χ1) is 7.97. The third kappa shape index (κ3) is 3.40. The van der Waals surface area contributed by atoms with Crippen LogP contribution in [0.3, 0.4) is 0 Å². The molecule has 17 heavy (non-hydrogen) atoms. The second-order valence-electron chi connectivity index (χ2n) is 5.07. The van der Waals surface area contributed by atoms with Gasteiger partial charge in [-0.05, 0) is 23.8 Å². The Bertz CT molecular complexity index is 367. The van der Waals surface area contributed by atoms with Gasteiger partial charge in [-0.1, -0.05) is 52.0 Å². The number of hydrogen-bond acceptors (Lipinski definition) is 2. The number of carbonyl (C=O) groups is 1. The maximum atomic E-state index is 12.0. The van der Waals surface area contributed by atoms with Crippen LogP contribution in [0.5, 0.6) is 0 Å². The Morgan fingerprint density at radius 2 is 1.71 bits per heavy atom. The first-order valence-electron chi connectivity index (χ1n) is 6.37. The summed E-state index contributed by atoms with van der Waals surface area (Å²) in [5.74, 6) is 0.755. The van der Waals surface area contributed by atoms with Crippen LogP contribution in [0.2, 0.25) is 0 Å². The molecule has 2 nitrogen and oxygen atoms in total. The summed E-state index contributed by atoms with van der Waals surface area (Å²) in [4.78, 5) is 12.0. The van der Waals surface area contributed by atoms with E-state index in [2.05, 4.69) is 13.8 Å². The molecule has 2 N–H and O–H groups in total. The first kappa shape index (κ1) is 13.9. The van der Waals surface area contributed by atoms with Gasteiger partial charge in [0, 0.05) is 5.56 Å². The van der Waals surface area contributed by atoms with Crippen LogP contribution in [0.1, 0.15) is 56.0 Å². The summed E-state index contributed by atoms with van der Waals surface area (Å²) in [6.07, 6.45) is 1.11. The summed E-state index contributed by atoms with van der Waals surface area (Å²) in [5, 5.41) is 0. The van der Waals surface area contributed by atoms with Crippen molar-refractivity contribution >= 4 is 5.78 Å². The van der Waals surface area contributed by atoms with Gasteiger partial charge in [-0.2, -0.15) is 0 Å². The van der Waals surface area contributed by atoms with E-state index in [1.165, 1.54) is 5.56 Å². The third-order valence-electron chi connectivity index (χ3n) is 3.40. The molecule has 0 saturated carbocycles. The van der Waals surface area contributed by atoms with Gasteiger partial charge in [0.1, 0.15) is 0 Å². The molecule has 0 aliphatic carbocycles. The van der Waals surface area contributed by atoms with E-state index in [1.54, 1.807) is 0 Å². The molecule has 2 atom stereocenters. The smallest absolute Gasteiger partial charge is 0.179 e. The fraction of sp³-hybridized carbons (Fsp3) is 0.533. The summed E-state index contributed by atoms with van der Waals surface area (Å²) in [6, 6.07) is 7.46. The molecule has 1 aromatic carbocycles. The minimum absolute atomic E-state index is 0.0377. The molecule has 0 saturated heterocycles. The van der Waals surface area contributed by atoms with Crippen LogP contribution in [-0.4, -0.2) is 11.8 Å². The van der Waals surface area contributed by atoms with Crippen molar-refractivity contribution < 1.29 is 4.79 Å². The predicted molar refractivity (Wildman–Crippen MR) is 72.3 cm³/mol. The summed E-state index contributed by atoms with van der Waals surface area (Å²) >= 11 is 0. The third-order valence-corrected chi connectivity index (χ3v) is 3.40. The lowest BCUT2D eigenvalue weighted by Crippen LogP contribution is -2.35. The molecule has 0 spiro atoms. The average molecular weight is 233 g/mol. The van der Waals surface area contributed by atoms with Crippen LogP contribution >= 0.6 is 0 Å². The van der Waals surface area contributed by atoms with Crippen molar-refractivity contribution in [1.29, 1.82) is 0 Å². The molecule has 1 aromatic rings. The van der Waals surface area contributed by atoms with Crippen LogP contribution in [-0.2, 0) is 0 Å². The van der Waals surface area contributed by atoms with Crippen molar-refractivity contribution in [3.63, 3.8) is 0 Å². The molecular formula is C15H23NO. The highest BCUT2D eigenvalue weighted by Crippen LogP contribution is 2.19. The lowest BCUT2D eigenvalue weighted by molar-refractivity contribution is 0.0940. The number of hydrogen-bond donors (Lipinski definition) is 1. The summed E-state index contributed by atoms with van der Waals surface area (Å²) in [6.45, 7) is 8.29. The lowest BCUT2D eigenvalue weighted by atomic mass is 9.93. The minimum Gasteiger partial charge on any atom is -0.321 e. The van der Waals surface area contributed by atoms with Gasteiger partial charge in [-0.15, -0.1) is 0 Å². The number of nitrogens with two attached hydrogens (primary N) is 1. The summed E-state index contributed by atoms with van der Waals surface area (Å²) in [5.41, 5.74) is 7.87. The zero-order valence-corrected chi connectivity index (χ0v) is 11.2. The summed E-state index contributed by atoms with van der Waals surface area (Å²) < 4.78 is 0. The van der Waals surface area contributed by atoms with Crippen LogP contribution in [0, 0.1) is 5.92 Å². The Morgan fingerprint density at radius 3 is 2.12 bits per heavy atom. The van der Waals surface area contributed by atoms with Gasteiger partial charge >= 0.3 is 0 Å². The summed E-state index contributed by atoms with van der Waals surface area (Å²) in [7, 11) is 0. The monoisotopic (exact) mass is 233 g/mol. The second kappa shape index (κ2) is 5.97. The maximum Gasteiger partial charge on any atom is 0.179 e. The van der Waals surface area contributed by atoms with E-state index in [0.29, 0.717) is 5.92 Å². The van der Waals surface area contributed by atoms with Crippen molar-refractivity contribution in [3.8, 4) is 0 Å². The van der Waals surface area contributed by atoms with Gasteiger partial charge in [0.25, 0.3) is 0 Å². The van der Waals surface area contributed by atoms with Crippen molar-refractivity contribution in [2.75, 3.05) is 0 Å². The standard InChI is InChI=1S/C15H23NO/c1-5-11(4)12-6-8-13(9-7-12)15(17)14(16)10(2)3/h6-11,14H,5,16H2,1-4H3. The van der Waals surface area contributed by atoms with Crippen LogP contribution in [0.25, 0.3) is 0 Å². The molecule has 0 heterocycles. The van der Waals surface area contributed by atoms with Gasteiger partial charge in [0.15, 0.2) is 5.78 Å². The molecule has 0 amide bonds. The van der Waals surface area contributed by atoms with Gasteiger partial charge in [0.05, 0.1) is 6.04 Å². The van der Waals surface area contributed by atoms with E-state index in [0.717, 1.165) is 12.0 Å². The number of ketones is 1. The molecule has 94 valence electrons. The lowest BCUT2D eigenvalue weighted by Gasteiger charge is -2.15. The molecule has 0 bridgehead atoms. The maximum absolute atomic E-state index is 12.0. The Hall–Kier alpha value is -1.15. The highest BCUT2D eigenvalue weighted by Gasteiger charge is 2.18. The highest BCUT2D eigenvalue weighted by atomic mass is 16.1. The second-order valence-corrected chi connectivity index (χ2v) is 5.07. The van der Waals surface area contributed by atoms with Gasteiger partial charge in [-0.25, -0.2) is 0 Å². The molecule has 2 heteroatoms. The van der Waals surface area contributed by atoms with Crippen molar-refractivity contribution in [1.82, 2.24) is 0 Å². The zero-order valence-electron chi connectivity index (χ0n) is 11.2. The Balaban J connectivity index is 2.84. The van der Waals surface area contributed by atoms with Crippen LogP contribution in [0.15, 0.2) is 24.3 Å². The highest BCUT2D eigenvalue weighted by molar-refractivity contribution is 6.00. The number of benzene rings is 1. The normalized spacial score (nSPS) is 14.7. The van der Waals surface area contributed by atoms with Gasteiger partial charge in [-0.3, -0.25) is 4.79 Å². The number of carbonyl (C=O) groups excluding carboxylic acids is 1. The molecule has 1 rings (SSSR count). The fourth-order valence-corrected chi connectivity index (χ4v) is 1.71. The first-order valence-corrected chi connectivity index (χ1v) is 6.37. The van der Waals surface area contributed by atoms with E-state index in [-0.39, 0.29) is 11.7 Å². The average Bonchev–Trinajstić information content (AvgIpc) is 2.36. The Kier molecular flexibility index (Phi) is 4.88. The van der Waals surface area contributed by atoms with Crippen molar-refractivity contribution in [2.24, 2.45) is 11.7 Å². The van der Waals surface area contributed by atoms with E-state index < -0.39 is 6.04 Å². The van der Waals surface area contributed by atoms with Crippen molar-refractivity contribution in [2.45, 2.75) is 46.1 Å². The largest absolute Gasteiger partial charge is 0.321 e. The van der Waals surface area contributed by atoms with Crippen LogP contribution in [0.4, 0.5) is 0 Å². The molecule has 0 fully saturated rings. The van der Waals surface area contributed by atoms with E-state index in [9.17, 15) is 4.79 Å². The molecule has 0 aliphatic rings. The predicted octanol–water partition coefficient (Wildman–Crippen LogP) is 3.37. The SMILES string of the molecule is CCC(C)c1ccc(C(=O)C(N)C(C)C)cc1. The van der Waals surface area contributed by atoms with Gasteiger partial charge < -0.3 is 5.73 Å². The molecule has 0 aliphatic heterocycles. The van der Waals surface area contributed by atoms with Gasteiger partial charge in [0.2, 0.25) is 0 Å². The topological polar surface area (TPSA) is 43.1 Å². The molecule has 0 radical (unpaired) electrons. The minimum atomic E-state index is -0.399. The van der Waals surface area contributed by atoms with E-state index in [1.807, 2.05) is 38.1 Å². The van der Waals surface area contributed by atoms with Crippen LogP contribution < -0.4 is 5.73 Å². The van der Waals surface area contributed by atoms with E-state index >= 15 is 0 Å². The molecular weight excluding hydrogens is 210 g/mol. The Morgan fingerprint density at radius 1 is 1.18 bits per heavy atom. The van der Waals surface area contributed by atoms with Crippen molar-refractivity contribution in [3.05, 3.63) is 35.4 Å². The number of rotatable bonds is 5. The Labute approximate surface area is 104 Å². The molecule has 2 unspecified atom stereocenters. The number of Topliss-reactive ketones (excluding diaryl/α,β-unsaturated/α-hetero) is 1. The van der Waals surface area contributed by atoms with E-state index in [4.69, 9.17) is 5.73 Å². The zero-order chi connectivity index (χ0) is 13.0. The molecule has 0 aromatic heterocycles.